The molecule has 0 saturated carbocycles. The minimum absolute atomic E-state index is 0.0358. The average molecular weight is 251 g/mol. The maximum atomic E-state index is 9.61. The standard InChI is InChI=1S/C11H25NO3S/c1-9(12)4-5-16-8-11(13)7-15-10(2)6-14-3/h9-11,13H,4-8,12H2,1-3H3. The monoisotopic (exact) mass is 251 g/mol. The van der Waals surface area contributed by atoms with Gasteiger partial charge in [-0.25, -0.2) is 0 Å². The van der Waals surface area contributed by atoms with E-state index in [2.05, 4.69) is 0 Å². The summed E-state index contributed by atoms with van der Waals surface area (Å²) in [6, 6.07) is 0.239. The second kappa shape index (κ2) is 10.4. The lowest BCUT2D eigenvalue weighted by atomic mass is 10.3. The van der Waals surface area contributed by atoms with E-state index in [4.69, 9.17) is 15.2 Å². The van der Waals surface area contributed by atoms with Crippen LogP contribution < -0.4 is 5.73 Å². The van der Waals surface area contributed by atoms with Gasteiger partial charge in [0.2, 0.25) is 0 Å². The Morgan fingerprint density at radius 3 is 2.56 bits per heavy atom. The summed E-state index contributed by atoms with van der Waals surface area (Å²) in [5.41, 5.74) is 5.63. The van der Waals surface area contributed by atoms with Crippen molar-refractivity contribution in [3.05, 3.63) is 0 Å². The minimum Gasteiger partial charge on any atom is -0.390 e. The molecule has 0 rings (SSSR count). The predicted molar refractivity (Wildman–Crippen MR) is 68.9 cm³/mol. The third-order valence-corrected chi connectivity index (χ3v) is 3.15. The largest absolute Gasteiger partial charge is 0.390 e. The lowest BCUT2D eigenvalue weighted by molar-refractivity contribution is -0.0257. The molecule has 0 aromatic heterocycles. The number of aliphatic hydroxyl groups is 1. The summed E-state index contributed by atoms with van der Waals surface area (Å²) in [5.74, 6) is 1.69. The Balaban J connectivity index is 3.33. The minimum atomic E-state index is -0.405. The van der Waals surface area contributed by atoms with Crippen molar-refractivity contribution in [2.45, 2.75) is 38.5 Å². The van der Waals surface area contributed by atoms with Crippen LogP contribution in [0.5, 0.6) is 0 Å². The summed E-state index contributed by atoms with van der Waals surface area (Å²) < 4.78 is 10.3. The Labute approximate surface area is 103 Å². The number of ether oxygens (including phenoxy) is 2. The molecule has 5 heteroatoms. The second-order valence-corrected chi connectivity index (χ2v) is 5.24. The van der Waals surface area contributed by atoms with Crippen LogP contribution in [0.15, 0.2) is 0 Å². The van der Waals surface area contributed by atoms with Gasteiger partial charge in [-0.3, -0.25) is 0 Å². The van der Waals surface area contributed by atoms with Crippen LogP contribution >= 0.6 is 11.8 Å². The molecular formula is C11H25NO3S. The van der Waals surface area contributed by atoms with Crippen molar-refractivity contribution < 1.29 is 14.6 Å². The molecule has 0 aliphatic carbocycles. The quantitative estimate of drug-likeness (QED) is 0.564. The molecule has 0 heterocycles. The molecule has 3 atom stereocenters. The maximum absolute atomic E-state index is 9.61. The van der Waals surface area contributed by atoms with Crippen molar-refractivity contribution in [3.63, 3.8) is 0 Å². The van der Waals surface area contributed by atoms with E-state index in [0.29, 0.717) is 19.0 Å². The third-order valence-electron chi connectivity index (χ3n) is 2.00. The number of hydrogen-bond donors (Lipinski definition) is 2. The summed E-state index contributed by atoms with van der Waals surface area (Å²) in [6.07, 6.45) is 0.615. The SMILES string of the molecule is COCC(C)OCC(O)CSCCC(C)N. The van der Waals surface area contributed by atoms with E-state index in [9.17, 15) is 5.11 Å². The lowest BCUT2D eigenvalue weighted by Crippen LogP contribution is -2.24. The molecule has 0 amide bonds. The van der Waals surface area contributed by atoms with Crippen LogP contribution in [0.25, 0.3) is 0 Å². The molecule has 3 unspecified atom stereocenters. The first-order valence-electron chi connectivity index (χ1n) is 5.68. The van der Waals surface area contributed by atoms with Crippen molar-refractivity contribution >= 4 is 11.8 Å². The molecule has 0 aromatic carbocycles. The van der Waals surface area contributed by atoms with E-state index in [1.54, 1.807) is 18.9 Å². The molecule has 0 bridgehead atoms. The Morgan fingerprint density at radius 1 is 1.31 bits per heavy atom. The molecule has 16 heavy (non-hydrogen) atoms. The van der Waals surface area contributed by atoms with E-state index < -0.39 is 6.10 Å². The van der Waals surface area contributed by atoms with E-state index in [0.717, 1.165) is 12.2 Å². The van der Waals surface area contributed by atoms with Crippen LogP contribution in [0, 0.1) is 0 Å². The number of methoxy groups -OCH3 is 1. The summed E-state index contributed by atoms with van der Waals surface area (Å²) in [6.45, 7) is 4.85. The van der Waals surface area contributed by atoms with Gasteiger partial charge < -0.3 is 20.3 Å². The molecule has 0 aliphatic heterocycles. The number of nitrogens with two attached hydrogens (primary N) is 1. The Hall–Kier alpha value is 0.190. The molecule has 0 aromatic rings. The van der Waals surface area contributed by atoms with E-state index in [1.165, 1.54) is 0 Å². The number of hydrogen-bond acceptors (Lipinski definition) is 5. The zero-order valence-electron chi connectivity index (χ0n) is 10.5. The lowest BCUT2D eigenvalue weighted by Gasteiger charge is -2.15. The number of rotatable bonds is 10. The fourth-order valence-corrected chi connectivity index (χ4v) is 2.17. The van der Waals surface area contributed by atoms with Crippen LogP contribution in [0.2, 0.25) is 0 Å². The molecule has 0 saturated heterocycles. The van der Waals surface area contributed by atoms with Gasteiger partial charge in [0.1, 0.15) is 0 Å². The van der Waals surface area contributed by atoms with Crippen molar-refractivity contribution in [3.8, 4) is 0 Å². The molecule has 3 N–H and O–H groups in total. The highest BCUT2D eigenvalue weighted by Crippen LogP contribution is 2.07. The van der Waals surface area contributed by atoms with Crippen LogP contribution in [-0.2, 0) is 9.47 Å². The van der Waals surface area contributed by atoms with Crippen LogP contribution in [-0.4, -0.2) is 55.2 Å². The zero-order valence-corrected chi connectivity index (χ0v) is 11.3. The molecule has 0 radical (unpaired) electrons. The van der Waals surface area contributed by atoms with Gasteiger partial charge in [-0.05, 0) is 26.0 Å². The fraction of sp³-hybridized carbons (Fsp3) is 1.00. The first kappa shape index (κ1) is 16.2. The highest BCUT2D eigenvalue weighted by Gasteiger charge is 2.08. The van der Waals surface area contributed by atoms with Gasteiger partial charge in [0.05, 0.1) is 25.4 Å². The van der Waals surface area contributed by atoms with Crippen LogP contribution in [0.1, 0.15) is 20.3 Å². The summed E-state index contributed by atoms with van der Waals surface area (Å²) in [7, 11) is 1.64. The van der Waals surface area contributed by atoms with Gasteiger partial charge in [-0.1, -0.05) is 0 Å². The summed E-state index contributed by atoms with van der Waals surface area (Å²) in [5, 5.41) is 9.61. The fourth-order valence-electron chi connectivity index (χ4n) is 1.09. The van der Waals surface area contributed by atoms with E-state index in [-0.39, 0.29) is 12.1 Å². The Morgan fingerprint density at radius 2 is 2.00 bits per heavy atom. The zero-order chi connectivity index (χ0) is 12.4. The number of aliphatic hydroxyl groups excluding tert-OH is 1. The van der Waals surface area contributed by atoms with Gasteiger partial charge in [0, 0.05) is 18.9 Å². The number of thioether (sulfide) groups is 1. The van der Waals surface area contributed by atoms with Crippen molar-refractivity contribution in [1.29, 1.82) is 0 Å². The first-order chi connectivity index (χ1) is 7.56. The molecular weight excluding hydrogens is 226 g/mol. The van der Waals surface area contributed by atoms with E-state index >= 15 is 0 Å². The van der Waals surface area contributed by atoms with E-state index in [1.807, 2.05) is 13.8 Å². The predicted octanol–water partition coefficient (Wildman–Crippen LogP) is 0.869. The van der Waals surface area contributed by atoms with Crippen molar-refractivity contribution in [2.24, 2.45) is 5.73 Å². The van der Waals surface area contributed by atoms with Crippen LogP contribution in [0.3, 0.4) is 0 Å². The molecule has 0 fully saturated rings. The van der Waals surface area contributed by atoms with Gasteiger partial charge >= 0.3 is 0 Å². The van der Waals surface area contributed by atoms with Gasteiger partial charge in [-0.15, -0.1) is 0 Å². The summed E-state index contributed by atoms with van der Waals surface area (Å²) >= 11 is 1.71. The molecule has 0 aliphatic rings. The second-order valence-electron chi connectivity index (χ2n) is 4.09. The van der Waals surface area contributed by atoms with Crippen molar-refractivity contribution in [1.82, 2.24) is 0 Å². The van der Waals surface area contributed by atoms with Gasteiger partial charge in [0.15, 0.2) is 0 Å². The highest BCUT2D eigenvalue weighted by molar-refractivity contribution is 7.99. The maximum Gasteiger partial charge on any atom is 0.0863 e. The Kier molecular flexibility index (Phi) is 10.5. The summed E-state index contributed by atoms with van der Waals surface area (Å²) in [4.78, 5) is 0. The molecule has 4 nitrogen and oxygen atoms in total. The smallest absolute Gasteiger partial charge is 0.0863 e. The molecule has 0 spiro atoms. The van der Waals surface area contributed by atoms with Crippen LogP contribution in [0.4, 0.5) is 0 Å². The topological polar surface area (TPSA) is 64.7 Å². The average Bonchev–Trinajstić information content (AvgIpc) is 2.22. The normalized spacial score (nSPS) is 17.1. The van der Waals surface area contributed by atoms with Gasteiger partial charge in [0.25, 0.3) is 0 Å². The Bertz CT molecular complexity index is 158. The molecule has 98 valence electrons. The highest BCUT2D eigenvalue weighted by atomic mass is 32.2. The van der Waals surface area contributed by atoms with Gasteiger partial charge in [-0.2, -0.15) is 11.8 Å². The first-order valence-corrected chi connectivity index (χ1v) is 6.83. The third kappa shape index (κ3) is 10.7. The van der Waals surface area contributed by atoms with Crippen molar-refractivity contribution in [2.75, 3.05) is 31.8 Å².